The van der Waals surface area contributed by atoms with Crippen LogP contribution in [0.15, 0.2) is 47.6 Å². The molecule has 1 amide bonds. The minimum atomic E-state index is -1.48. The first-order valence-corrected chi connectivity index (χ1v) is 9.26. The molecule has 0 radical (unpaired) electrons. The molecule has 1 aromatic heterocycles. The smallest absolute Gasteiger partial charge is 0.253 e. The number of hydrogen-bond donors (Lipinski definition) is 3. The maximum atomic E-state index is 12.5. The number of alkyl halides is 2. The number of pyridine rings is 1. The van der Waals surface area contributed by atoms with E-state index in [1.165, 1.54) is 13.1 Å². The fourth-order valence-corrected chi connectivity index (χ4v) is 2.39. The monoisotopic (exact) mass is 458 g/mol. The second-order valence-electron chi connectivity index (χ2n) is 5.55. The molecule has 7 nitrogen and oxygen atoms in total. The number of anilines is 1. The lowest BCUT2D eigenvalue weighted by molar-refractivity contribution is 0.0935. The summed E-state index contributed by atoms with van der Waals surface area (Å²) >= 11 is 23.9. The number of carbonyl (C=O) groups is 1. The summed E-state index contributed by atoms with van der Waals surface area (Å²) in [4.78, 5) is 20.6. The third-order valence-corrected chi connectivity index (χ3v) is 4.17. The molecule has 0 spiro atoms. The Kier molecular flexibility index (Phi) is 7.72. The average molecular weight is 460 g/mol. The third-order valence-electron chi connectivity index (χ3n) is 3.28. The molecule has 0 saturated heterocycles. The zero-order chi connectivity index (χ0) is 20.7. The fraction of sp³-hybridized carbons (Fsp3) is 0.176. The number of halogens is 4. The van der Waals surface area contributed by atoms with Gasteiger partial charge in [-0.05, 0) is 43.3 Å². The summed E-state index contributed by atoms with van der Waals surface area (Å²) in [6.45, 7) is 1.46. The number of guanidine groups is 1. The van der Waals surface area contributed by atoms with Gasteiger partial charge in [-0.25, -0.2) is 9.98 Å². The highest BCUT2D eigenvalue weighted by Crippen LogP contribution is 2.26. The molecule has 0 unspecified atom stereocenters. The summed E-state index contributed by atoms with van der Waals surface area (Å²) in [6.07, 6.45) is 2.09. The van der Waals surface area contributed by atoms with Gasteiger partial charge in [-0.2, -0.15) is 5.26 Å². The normalized spacial score (nSPS) is 12.6. The Labute approximate surface area is 181 Å². The van der Waals surface area contributed by atoms with Crippen molar-refractivity contribution in [1.29, 1.82) is 5.26 Å². The number of carbonyl (C=O) groups excluding carboxylic acids is 1. The molecule has 1 atom stereocenters. The van der Waals surface area contributed by atoms with Crippen LogP contribution in [0.25, 0.3) is 0 Å². The quantitative estimate of drug-likeness (QED) is 0.155. The molecule has 1 aromatic carbocycles. The molecule has 0 saturated carbocycles. The Morgan fingerprint density at radius 3 is 2.43 bits per heavy atom. The van der Waals surface area contributed by atoms with E-state index in [0.717, 1.165) is 0 Å². The van der Waals surface area contributed by atoms with Gasteiger partial charge in [0.25, 0.3) is 5.91 Å². The van der Waals surface area contributed by atoms with Crippen molar-refractivity contribution in [2.45, 2.75) is 17.4 Å². The molecule has 0 aliphatic rings. The van der Waals surface area contributed by atoms with Gasteiger partial charge >= 0.3 is 0 Å². The zero-order valence-electron chi connectivity index (χ0n) is 14.4. The van der Waals surface area contributed by atoms with Crippen molar-refractivity contribution in [2.24, 2.45) is 4.99 Å². The average Bonchev–Trinajstić information content (AvgIpc) is 2.63. The van der Waals surface area contributed by atoms with E-state index in [4.69, 9.17) is 51.7 Å². The predicted molar refractivity (Wildman–Crippen MR) is 112 cm³/mol. The van der Waals surface area contributed by atoms with E-state index in [1.807, 2.05) is 0 Å². The summed E-state index contributed by atoms with van der Waals surface area (Å²) in [5.74, 6) is -0.469. The Morgan fingerprint density at radius 2 is 1.89 bits per heavy atom. The number of nitriles is 1. The zero-order valence-corrected chi connectivity index (χ0v) is 17.4. The lowest BCUT2D eigenvalue weighted by Gasteiger charge is -2.25. The van der Waals surface area contributed by atoms with Gasteiger partial charge < -0.3 is 10.6 Å². The van der Waals surface area contributed by atoms with Crippen molar-refractivity contribution >= 4 is 64.0 Å². The van der Waals surface area contributed by atoms with Crippen LogP contribution in [-0.2, 0) is 0 Å². The van der Waals surface area contributed by atoms with E-state index in [2.05, 4.69) is 25.9 Å². The lowest BCUT2D eigenvalue weighted by Crippen LogP contribution is -2.45. The van der Waals surface area contributed by atoms with Crippen molar-refractivity contribution < 1.29 is 4.79 Å². The van der Waals surface area contributed by atoms with Gasteiger partial charge in [-0.3, -0.25) is 10.1 Å². The number of amides is 1. The number of nitrogens with zero attached hydrogens (tertiary/aromatic N) is 3. The predicted octanol–water partition coefficient (Wildman–Crippen LogP) is 4.18. The summed E-state index contributed by atoms with van der Waals surface area (Å²) in [7, 11) is 0. The van der Waals surface area contributed by atoms with Crippen LogP contribution >= 0.6 is 46.4 Å². The molecule has 2 aromatic rings. The topological polar surface area (TPSA) is 102 Å². The highest BCUT2D eigenvalue weighted by atomic mass is 35.5. The van der Waals surface area contributed by atoms with Crippen molar-refractivity contribution in [1.82, 2.24) is 15.6 Å². The molecule has 28 heavy (non-hydrogen) atoms. The second-order valence-corrected chi connectivity index (χ2v) is 8.14. The Bertz CT molecular complexity index is 888. The molecule has 11 heteroatoms. The standard InChI is InChI=1S/C17H14Cl4N6O/c1-17(20,21)15(26-14(28)10-2-4-11(18)5-3-10)27-16(24-9-22)25-12-6-7-13(19)23-8-12/h2-8,15H,1H3,(H,26,28)(H2,24,25,27)/t15-/m0/s1. The molecular formula is C17H14Cl4N6O. The first-order valence-electron chi connectivity index (χ1n) is 7.75. The molecule has 2 rings (SSSR count). The molecular weight excluding hydrogens is 446 g/mol. The van der Waals surface area contributed by atoms with E-state index < -0.39 is 16.4 Å². The SMILES string of the molecule is CC(Cl)(Cl)[C@H](N=C(NC#N)Nc1ccc(Cl)nc1)NC(=O)c1ccc(Cl)cc1. The highest BCUT2D eigenvalue weighted by molar-refractivity contribution is 6.48. The molecule has 0 aliphatic carbocycles. The minimum absolute atomic E-state index is 0.000513. The number of aliphatic imine (C=N–C) groups is 1. The molecule has 3 N–H and O–H groups in total. The van der Waals surface area contributed by atoms with Crippen LogP contribution in [0.2, 0.25) is 10.2 Å². The third kappa shape index (κ3) is 6.73. The summed E-state index contributed by atoms with van der Waals surface area (Å²) in [5.41, 5.74) is 0.839. The number of nitrogens with one attached hydrogen (secondary N) is 3. The molecule has 0 fully saturated rings. The maximum absolute atomic E-state index is 12.5. The van der Waals surface area contributed by atoms with Crippen LogP contribution in [0.3, 0.4) is 0 Å². The maximum Gasteiger partial charge on any atom is 0.253 e. The van der Waals surface area contributed by atoms with Crippen molar-refractivity contribution in [3.05, 3.63) is 58.3 Å². The van der Waals surface area contributed by atoms with E-state index in [-0.39, 0.29) is 5.96 Å². The lowest BCUT2D eigenvalue weighted by atomic mass is 10.2. The fourth-order valence-electron chi connectivity index (χ4n) is 1.95. The number of aromatic nitrogens is 1. The van der Waals surface area contributed by atoms with E-state index in [0.29, 0.717) is 21.4 Å². The van der Waals surface area contributed by atoms with Gasteiger partial charge in [-0.15, -0.1) is 0 Å². The van der Waals surface area contributed by atoms with E-state index in [9.17, 15) is 4.79 Å². The molecule has 146 valence electrons. The Balaban J connectivity index is 2.25. The van der Waals surface area contributed by atoms with Crippen LogP contribution in [0, 0.1) is 11.5 Å². The number of benzene rings is 1. The van der Waals surface area contributed by atoms with Crippen LogP contribution in [0.1, 0.15) is 17.3 Å². The minimum Gasteiger partial charge on any atom is -0.328 e. The van der Waals surface area contributed by atoms with Gasteiger partial charge in [0, 0.05) is 10.6 Å². The van der Waals surface area contributed by atoms with Gasteiger partial charge in [0.05, 0.1) is 11.9 Å². The van der Waals surface area contributed by atoms with E-state index in [1.54, 1.807) is 42.6 Å². The van der Waals surface area contributed by atoms with Crippen molar-refractivity contribution in [3.8, 4) is 6.19 Å². The van der Waals surface area contributed by atoms with E-state index >= 15 is 0 Å². The van der Waals surface area contributed by atoms with Crippen molar-refractivity contribution in [2.75, 3.05) is 5.32 Å². The first-order chi connectivity index (χ1) is 13.2. The van der Waals surface area contributed by atoms with Gasteiger partial charge in [0.15, 0.2) is 16.7 Å². The Morgan fingerprint density at radius 1 is 1.21 bits per heavy atom. The largest absolute Gasteiger partial charge is 0.328 e. The van der Waals surface area contributed by atoms with Gasteiger partial charge in [0.1, 0.15) is 5.15 Å². The first kappa shape index (κ1) is 22.1. The second kappa shape index (κ2) is 9.80. The summed E-state index contributed by atoms with van der Waals surface area (Å²) in [6, 6.07) is 9.43. The van der Waals surface area contributed by atoms with Gasteiger partial charge in [0.2, 0.25) is 5.96 Å². The number of hydrogen-bond acceptors (Lipinski definition) is 4. The van der Waals surface area contributed by atoms with Crippen LogP contribution in [0.5, 0.6) is 0 Å². The Hall–Kier alpha value is -2.24. The summed E-state index contributed by atoms with van der Waals surface area (Å²) < 4.78 is -1.48. The van der Waals surface area contributed by atoms with Crippen LogP contribution in [-0.4, -0.2) is 27.3 Å². The molecule has 0 bridgehead atoms. The van der Waals surface area contributed by atoms with Crippen molar-refractivity contribution in [3.63, 3.8) is 0 Å². The number of rotatable bonds is 5. The highest BCUT2D eigenvalue weighted by Gasteiger charge is 2.32. The molecule has 1 heterocycles. The summed E-state index contributed by atoms with van der Waals surface area (Å²) in [5, 5.41) is 17.6. The molecule has 0 aliphatic heterocycles. The van der Waals surface area contributed by atoms with Crippen LogP contribution < -0.4 is 16.0 Å². The van der Waals surface area contributed by atoms with Gasteiger partial charge in [-0.1, -0.05) is 46.4 Å². The van der Waals surface area contributed by atoms with Crippen LogP contribution in [0.4, 0.5) is 5.69 Å².